The second-order valence-corrected chi connectivity index (χ2v) is 8.80. The van der Waals surface area contributed by atoms with Gasteiger partial charge in [0.25, 0.3) is 0 Å². The van der Waals surface area contributed by atoms with Gasteiger partial charge in [-0.15, -0.1) is 0 Å². The highest BCUT2D eigenvalue weighted by atomic mass is 35.5. The fraction of sp³-hybridized carbons (Fsp3) is 0.375. The number of halogens is 2. The summed E-state index contributed by atoms with van der Waals surface area (Å²) < 4.78 is 19.9. The maximum absolute atomic E-state index is 14.1. The minimum absolute atomic E-state index is 0.0285. The molecule has 0 heterocycles. The lowest BCUT2D eigenvalue weighted by Gasteiger charge is -2.23. The van der Waals surface area contributed by atoms with Gasteiger partial charge in [-0.2, -0.15) is 0 Å². The molecular formula is C24H22ClFO3. The Bertz CT molecular complexity index is 1040. The Kier molecular flexibility index (Phi) is 4.43. The van der Waals surface area contributed by atoms with Crippen molar-refractivity contribution < 1.29 is 19.0 Å². The van der Waals surface area contributed by atoms with Crippen molar-refractivity contribution in [2.75, 3.05) is 0 Å². The van der Waals surface area contributed by atoms with Crippen LogP contribution in [0, 0.1) is 29.5 Å². The molecule has 0 aromatic heterocycles. The summed E-state index contributed by atoms with van der Waals surface area (Å²) in [5.74, 6) is 0.946. The summed E-state index contributed by atoms with van der Waals surface area (Å²) in [4.78, 5) is 13.3. The highest BCUT2D eigenvalue weighted by Crippen LogP contribution is 2.60. The normalized spacial score (nSPS) is 27.6. The monoisotopic (exact) mass is 412 g/mol. The first-order valence-corrected chi connectivity index (χ1v) is 10.6. The van der Waals surface area contributed by atoms with Crippen LogP contribution in [0.2, 0.25) is 5.02 Å². The lowest BCUT2D eigenvalue weighted by molar-refractivity contribution is -0.118. The number of benzene rings is 2. The third kappa shape index (κ3) is 2.88. The van der Waals surface area contributed by atoms with Gasteiger partial charge in [-0.05, 0) is 79.0 Å². The van der Waals surface area contributed by atoms with Gasteiger partial charge in [0.1, 0.15) is 11.5 Å². The van der Waals surface area contributed by atoms with Crippen molar-refractivity contribution in [1.29, 1.82) is 0 Å². The van der Waals surface area contributed by atoms with Gasteiger partial charge < -0.3 is 9.84 Å². The number of carbonyl (C=O) groups excluding carboxylic acids is 1. The number of hydrogen-bond acceptors (Lipinski definition) is 3. The SMILES string of the molecule is CCc1ccc(Oc2ccc(Cl)cc2F)cc1C1=C(O)[C@H]2[C@H]3CC[C@H](C3)[C@H]2C1=O. The van der Waals surface area contributed by atoms with E-state index in [4.69, 9.17) is 16.3 Å². The lowest BCUT2D eigenvalue weighted by atomic mass is 9.80. The minimum Gasteiger partial charge on any atom is -0.511 e. The molecule has 0 saturated heterocycles. The first-order valence-electron chi connectivity index (χ1n) is 10.2. The van der Waals surface area contributed by atoms with E-state index in [1.807, 2.05) is 13.0 Å². The van der Waals surface area contributed by atoms with E-state index in [0.717, 1.165) is 31.2 Å². The van der Waals surface area contributed by atoms with E-state index in [1.54, 1.807) is 18.2 Å². The molecule has 2 aromatic rings. The average molecular weight is 413 g/mol. The van der Waals surface area contributed by atoms with Crippen LogP contribution in [-0.2, 0) is 11.2 Å². The first-order chi connectivity index (χ1) is 14.0. The minimum atomic E-state index is -0.552. The molecule has 3 aliphatic rings. The summed E-state index contributed by atoms with van der Waals surface area (Å²) in [6, 6.07) is 9.63. The molecule has 2 saturated carbocycles. The number of rotatable bonds is 4. The number of allylic oxidation sites excluding steroid dienone is 2. The van der Waals surface area contributed by atoms with Crippen molar-refractivity contribution in [3.05, 3.63) is 64.1 Å². The summed E-state index contributed by atoms with van der Waals surface area (Å²) in [5.41, 5.74) is 2.11. The summed E-state index contributed by atoms with van der Waals surface area (Å²) in [5, 5.41) is 11.3. The zero-order chi connectivity index (χ0) is 20.3. The Hall–Kier alpha value is -2.33. The van der Waals surface area contributed by atoms with Gasteiger partial charge in [0.05, 0.1) is 5.57 Å². The number of aliphatic hydroxyl groups excluding tert-OH is 1. The van der Waals surface area contributed by atoms with Gasteiger partial charge in [-0.3, -0.25) is 4.79 Å². The average Bonchev–Trinajstić information content (AvgIpc) is 3.38. The van der Waals surface area contributed by atoms with Gasteiger partial charge in [-0.1, -0.05) is 24.6 Å². The largest absolute Gasteiger partial charge is 0.511 e. The predicted octanol–water partition coefficient (Wildman–Crippen LogP) is 6.35. The van der Waals surface area contributed by atoms with E-state index in [0.29, 0.717) is 33.7 Å². The highest BCUT2D eigenvalue weighted by molar-refractivity contribution is 6.30. The second-order valence-electron chi connectivity index (χ2n) is 8.36. The Labute approximate surface area is 174 Å². The van der Waals surface area contributed by atoms with E-state index < -0.39 is 5.82 Å². The van der Waals surface area contributed by atoms with Crippen LogP contribution in [-0.4, -0.2) is 10.9 Å². The van der Waals surface area contributed by atoms with Crippen LogP contribution in [0.5, 0.6) is 11.5 Å². The Morgan fingerprint density at radius 2 is 1.90 bits per heavy atom. The lowest BCUT2D eigenvalue weighted by Crippen LogP contribution is -2.24. The molecule has 5 rings (SSSR count). The quantitative estimate of drug-likeness (QED) is 0.636. The van der Waals surface area contributed by atoms with Crippen LogP contribution in [0.15, 0.2) is 42.2 Å². The summed E-state index contributed by atoms with van der Waals surface area (Å²) >= 11 is 5.81. The molecule has 2 aromatic carbocycles. The molecule has 0 radical (unpaired) electrons. The van der Waals surface area contributed by atoms with E-state index in [-0.39, 0.29) is 29.1 Å². The summed E-state index contributed by atoms with van der Waals surface area (Å²) in [6.07, 6.45) is 3.95. The van der Waals surface area contributed by atoms with Crippen LogP contribution in [0.25, 0.3) is 5.57 Å². The fourth-order valence-electron chi connectivity index (χ4n) is 5.64. The van der Waals surface area contributed by atoms with Crippen LogP contribution in [0.4, 0.5) is 4.39 Å². The molecule has 4 atom stereocenters. The molecule has 150 valence electrons. The predicted molar refractivity (Wildman–Crippen MR) is 110 cm³/mol. The van der Waals surface area contributed by atoms with Crippen LogP contribution in [0.1, 0.15) is 37.3 Å². The van der Waals surface area contributed by atoms with Crippen molar-refractivity contribution in [2.45, 2.75) is 32.6 Å². The van der Waals surface area contributed by atoms with Crippen LogP contribution < -0.4 is 4.74 Å². The Morgan fingerprint density at radius 1 is 1.14 bits per heavy atom. The van der Waals surface area contributed by atoms with E-state index >= 15 is 0 Å². The number of aliphatic hydroxyl groups is 1. The van der Waals surface area contributed by atoms with Gasteiger partial charge in [-0.25, -0.2) is 4.39 Å². The number of carbonyl (C=O) groups is 1. The van der Waals surface area contributed by atoms with E-state index in [2.05, 4.69) is 0 Å². The van der Waals surface area contributed by atoms with Crippen LogP contribution in [0.3, 0.4) is 0 Å². The third-order valence-electron chi connectivity index (χ3n) is 6.89. The standard InChI is InChI=1S/C24H22ClFO3/c1-2-12-5-7-16(29-19-8-6-15(25)10-18(19)26)11-17(12)22-23(27)20-13-3-4-14(9-13)21(20)24(22)28/h5-8,10-11,13-14,20-21,27H,2-4,9H2,1H3/t13-,14+,20-,21+/m0/s1. The fourth-order valence-corrected chi connectivity index (χ4v) is 5.80. The van der Waals surface area contributed by atoms with E-state index in [1.165, 1.54) is 12.1 Å². The van der Waals surface area contributed by atoms with E-state index in [9.17, 15) is 14.3 Å². The number of ketones is 1. The molecule has 29 heavy (non-hydrogen) atoms. The molecular weight excluding hydrogens is 391 g/mol. The number of aryl methyl sites for hydroxylation is 1. The molecule has 2 fully saturated rings. The van der Waals surface area contributed by atoms with Crippen molar-refractivity contribution in [3.63, 3.8) is 0 Å². The third-order valence-corrected chi connectivity index (χ3v) is 7.13. The molecule has 3 aliphatic carbocycles. The van der Waals surface area contributed by atoms with Crippen molar-refractivity contribution in [2.24, 2.45) is 23.7 Å². The molecule has 3 nitrogen and oxygen atoms in total. The van der Waals surface area contributed by atoms with Crippen LogP contribution >= 0.6 is 11.6 Å². The molecule has 0 amide bonds. The maximum Gasteiger partial charge on any atom is 0.170 e. The van der Waals surface area contributed by atoms with Crippen molar-refractivity contribution >= 4 is 23.0 Å². The second kappa shape index (κ2) is 6.88. The molecule has 5 heteroatoms. The zero-order valence-electron chi connectivity index (χ0n) is 16.1. The summed E-state index contributed by atoms with van der Waals surface area (Å²) in [7, 11) is 0. The molecule has 0 unspecified atom stereocenters. The number of Topliss-reactive ketones (excluding diaryl/α,β-unsaturated/α-hetero) is 1. The van der Waals surface area contributed by atoms with Crippen molar-refractivity contribution in [3.8, 4) is 11.5 Å². The number of fused-ring (bicyclic) bond motifs is 5. The number of ether oxygens (including phenoxy) is 1. The van der Waals surface area contributed by atoms with Crippen molar-refractivity contribution in [1.82, 2.24) is 0 Å². The topological polar surface area (TPSA) is 46.5 Å². The Morgan fingerprint density at radius 3 is 2.59 bits per heavy atom. The number of hydrogen-bond donors (Lipinski definition) is 1. The maximum atomic E-state index is 14.1. The molecule has 0 spiro atoms. The molecule has 2 bridgehead atoms. The Balaban J connectivity index is 1.54. The van der Waals surface area contributed by atoms with Gasteiger partial charge in [0, 0.05) is 16.9 Å². The summed E-state index contributed by atoms with van der Waals surface area (Å²) in [6.45, 7) is 2.01. The van der Waals surface area contributed by atoms with Gasteiger partial charge in [0.15, 0.2) is 17.3 Å². The molecule has 0 aliphatic heterocycles. The first kappa shape index (κ1) is 18.7. The highest BCUT2D eigenvalue weighted by Gasteiger charge is 2.57. The van der Waals surface area contributed by atoms with Gasteiger partial charge >= 0.3 is 0 Å². The van der Waals surface area contributed by atoms with Gasteiger partial charge in [0.2, 0.25) is 0 Å². The molecule has 1 N–H and O–H groups in total. The smallest absolute Gasteiger partial charge is 0.170 e. The zero-order valence-corrected chi connectivity index (χ0v) is 16.9.